The Morgan fingerprint density at radius 1 is 1.00 bits per heavy atom. The molecule has 2 aliphatic rings. The summed E-state index contributed by atoms with van der Waals surface area (Å²) in [5, 5.41) is 0. The Balaban J connectivity index is 1.40. The Hall–Kier alpha value is -2.70. The van der Waals surface area contributed by atoms with Crippen LogP contribution in [0.5, 0.6) is 0 Å². The number of ketones is 1. The number of likely N-dealkylation sites (tertiary alicyclic amines) is 1. The second-order valence-corrected chi connectivity index (χ2v) is 6.71. The molecule has 2 heterocycles. The van der Waals surface area contributed by atoms with E-state index in [2.05, 4.69) is 0 Å². The molecule has 2 saturated heterocycles. The van der Waals surface area contributed by atoms with Gasteiger partial charge in [-0.1, -0.05) is 60.7 Å². The molecule has 2 aliphatic heterocycles. The predicted octanol–water partition coefficient (Wildman–Crippen LogP) is 2.56. The first-order valence-electron chi connectivity index (χ1n) is 8.99. The Kier molecular flexibility index (Phi) is 5.18. The number of carbonyl (C=O) groups excluding carboxylic acids is 2. The van der Waals surface area contributed by atoms with Crippen molar-refractivity contribution in [3.63, 3.8) is 0 Å². The van der Waals surface area contributed by atoms with Crippen LogP contribution in [-0.2, 0) is 32.2 Å². The molecular weight excluding hydrogens is 346 g/mol. The molecule has 2 fully saturated rings. The molecule has 0 N–H and O–H groups in total. The number of nitrogens with zero attached hydrogens (tertiary/aromatic N) is 1. The van der Waals surface area contributed by atoms with E-state index in [0.717, 1.165) is 11.1 Å². The lowest BCUT2D eigenvalue weighted by atomic mass is 10.1. The fourth-order valence-corrected chi connectivity index (χ4v) is 3.53. The molecule has 1 amide bonds. The zero-order chi connectivity index (χ0) is 18.6. The first kappa shape index (κ1) is 17.7. The molecule has 0 aliphatic carbocycles. The van der Waals surface area contributed by atoms with Crippen molar-refractivity contribution in [1.29, 1.82) is 0 Å². The van der Waals surface area contributed by atoms with Crippen LogP contribution in [0.25, 0.3) is 0 Å². The molecule has 2 aromatic rings. The van der Waals surface area contributed by atoms with Crippen molar-refractivity contribution in [2.45, 2.75) is 31.5 Å². The van der Waals surface area contributed by atoms with Crippen LogP contribution in [0.2, 0.25) is 0 Å². The van der Waals surface area contributed by atoms with E-state index >= 15 is 0 Å². The van der Waals surface area contributed by atoms with E-state index in [0.29, 0.717) is 6.61 Å². The van der Waals surface area contributed by atoms with Crippen LogP contribution < -0.4 is 0 Å². The quantitative estimate of drug-likeness (QED) is 0.813. The van der Waals surface area contributed by atoms with Gasteiger partial charge in [-0.2, -0.15) is 0 Å². The molecule has 0 saturated carbocycles. The molecule has 6 nitrogen and oxygen atoms in total. The van der Waals surface area contributed by atoms with Crippen LogP contribution in [0.4, 0.5) is 4.79 Å². The van der Waals surface area contributed by atoms with Crippen molar-refractivity contribution in [3.05, 3.63) is 71.8 Å². The predicted molar refractivity (Wildman–Crippen MR) is 96.9 cm³/mol. The Labute approximate surface area is 157 Å². The number of rotatable bonds is 5. The highest BCUT2D eigenvalue weighted by molar-refractivity contribution is 5.91. The van der Waals surface area contributed by atoms with Crippen molar-refractivity contribution in [3.8, 4) is 0 Å². The molecule has 2 aromatic carbocycles. The van der Waals surface area contributed by atoms with Crippen LogP contribution in [0.1, 0.15) is 11.1 Å². The summed E-state index contributed by atoms with van der Waals surface area (Å²) in [6.07, 6.45) is -1.31. The highest BCUT2D eigenvalue weighted by atomic mass is 16.6. The van der Waals surface area contributed by atoms with Gasteiger partial charge in [-0.05, 0) is 11.1 Å². The van der Waals surface area contributed by atoms with Gasteiger partial charge in [-0.25, -0.2) is 4.79 Å². The third-order valence-corrected chi connectivity index (χ3v) is 4.88. The lowest BCUT2D eigenvalue weighted by molar-refractivity contribution is -0.121. The molecule has 0 radical (unpaired) electrons. The maximum absolute atomic E-state index is 12.6. The number of hydrogen-bond acceptors (Lipinski definition) is 5. The van der Waals surface area contributed by atoms with Crippen molar-refractivity contribution in [1.82, 2.24) is 4.90 Å². The van der Waals surface area contributed by atoms with Gasteiger partial charge >= 0.3 is 6.09 Å². The average Bonchev–Trinajstić information content (AvgIpc) is 3.27. The summed E-state index contributed by atoms with van der Waals surface area (Å²) in [7, 11) is 0. The molecule has 6 heteroatoms. The minimum absolute atomic E-state index is 0.00297. The summed E-state index contributed by atoms with van der Waals surface area (Å²) in [6, 6.07) is 18.6. The summed E-state index contributed by atoms with van der Waals surface area (Å²) < 4.78 is 17.0. The molecule has 27 heavy (non-hydrogen) atoms. The molecule has 0 aromatic heterocycles. The van der Waals surface area contributed by atoms with Gasteiger partial charge in [0.2, 0.25) is 0 Å². The van der Waals surface area contributed by atoms with Crippen molar-refractivity contribution >= 4 is 11.9 Å². The van der Waals surface area contributed by atoms with Gasteiger partial charge in [0.05, 0.1) is 13.2 Å². The summed E-state index contributed by atoms with van der Waals surface area (Å²) >= 11 is 0. The van der Waals surface area contributed by atoms with E-state index in [4.69, 9.17) is 14.2 Å². The molecular formula is C21H21NO5. The number of hydrogen-bond donors (Lipinski definition) is 0. The lowest BCUT2D eigenvalue weighted by Crippen LogP contribution is -2.42. The zero-order valence-electron chi connectivity index (χ0n) is 14.8. The van der Waals surface area contributed by atoms with Gasteiger partial charge in [0.1, 0.15) is 31.5 Å². The van der Waals surface area contributed by atoms with Crippen LogP contribution in [0, 0.1) is 0 Å². The van der Waals surface area contributed by atoms with Gasteiger partial charge in [0.15, 0.2) is 5.78 Å². The minimum atomic E-state index is -0.631. The fourth-order valence-electron chi connectivity index (χ4n) is 3.53. The average molecular weight is 367 g/mol. The molecule has 0 bridgehead atoms. The van der Waals surface area contributed by atoms with E-state index in [1.165, 1.54) is 4.90 Å². The highest BCUT2D eigenvalue weighted by Crippen LogP contribution is 2.30. The van der Waals surface area contributed by atoms with E-state index in [9.17, 15) is 9.59 Å². The molecule has 2 unspecified atom stereocenters. The van der Waals surface area contributed by atoms with E-state index < -0.39 is 18.2 Å². The van der Waals surface area contributed by atoms with Gasteiger partial charge in [-0.15, -0.1) is 0 Å². The molecule has 4 rings (SSSR count). The topological polar surface area (TPSA) is 65.1 Å². The van der Waals surface area contributed by atoms with Gasteiger partial charge in [-0.3, -0.25) is 9.69 Å². The third kappa shape index (κ3) is 3.86. The Morgan fingerprint density at radius 2 is 1.63 bits per heavy atom. The maximum atomic E-state index is 12.6. The monoisotopic (exact) mass is 367 g/mol. The summed E-state index contributed by atoms with van der Waals surface area (Å²) in [6.45, 7) is 0.849. The number of ether oxygens (including phenoxy) is 3. The van der Waals surface area contributed by atoms with Gasteiger partial charge < -0.3 is 14.2 Å². The number of amides is 1. The largest absolute Gasteiger partial charge is 0.445 e. The van der Waals surface area contributed by atoms with Crippen LogP contribution in [0.3, 0.4) is 0 Å². The SMILES string of the molecule is O=C1CO[C@@H]2C(OCc3ccccc3)CN(C(=O)OCc3ccccc3)C12. The van der Waals surface area contributed by atoms with Gasteiger partial charge in [0.25, 0.3) is 0 Å². The lowest BCUT2D eigenvalue weighted by Gasteiger charge is -2.20. The standard InChI is InChI=1S/C21H21NO5/c23-17-14-26-20-18(25-12-15-7-3-1-4-8-15)11-22(19(17)20)21(24)27-13-16-9-5-2-6-10-16/h1-10,18-20H,11-14H2/t18?,19?,20-/m1/s1. The van der Waals surface area contributed by atoms with E-state index in [-0.39, 0.29) is 31.6 Å². The van der Waals surface area contributed by atoms with Gasteiger partial charge in [0, 0.05) is 0 Å². The van der Waals surface area contributed by atoms with Crippen LogP contribution in [-0.4, -0.2) is 48.2 Å². The van der Waals surface area contributed by atoms with Crippen molar-refractivity contribution < 1.29 is 23.8 Å². The first-order chi connectivity index (χ1) is 13.2. The minimum Gasteiger partial charge on any atom is -0.445 e. The van der Waals surface area contributed by atoms with E-state index in [1.54, 1.807) is 0 Å². The fraction of sp³-hybridized carbons (Fsp3) is 0.333. The van der Waals surface area contributed by atoms with E-state index in [1.807, 2.05) is 60.7 Å². The highest BCUT2D eigenvalue weighted by Gasteiger charge is 2.53. The third-order valence-electron chi connectivity index (χ3n) is 4.88. The Morgan fingerprint density at radius 3 is 2.30 bits per heavy atom. The van der Waals surface area contributed by atoms with Crippen LogP contribution >= 0.6 is 0 Å². The second-order valence-electron chi connectivity index (χ2n) is 6.71. The number of benzene rings is 2. The number of fused-ring (bicyclic) bond motifs is 1. The maximum Gasteiger partial charge on any atom is 0.410 e. The molecule has 140 valence electrons. The normalized spacial score (nSPS) is 24.1. The van der Waals surface area contributed by atoms with Crippen molar-refractivity contribution in [2.75, 3.05) is 13.2 Å². The van der Waals surface area contributed by atoms with Crippen LogP contribution in [0.15, 0.2) is 60.7 Å². The molecule has 0 spiro atoms. The second kappa shape index (κ2) is 7.90. The Bertz CT molecular complexity index is 795. The first-order valence-corrected chi connectivity index (χ1v) is 8.99. The zero-order valence-corrected chi connectivity index (χ0v) is 14.8. The number of carbonyl (C=O) groups is 2. The number of Topliss-reactive ketones (excluding diaryl/α,β-unsaturated/α-hetero) is 1. The van der Waals surface area contributed by atoms with Crippen molar-refractivity contribution in [2.24, 2.45) is 0 Å². The summed E-state index contributed by atoms with van der Waals surface area (Å²) in [5.41, 5.74) is 1.93. The molecule has 3 atom stereocenters. The summed E-state index contributed by atoms with van der Waals surface area (Å²) in [5.74, 6) is -0.109. The smallest absolute Gasteiger partial charge is 0.410 e. The summed E-state index contributed by atoms with van der Waals surface area (Å²) in [4.78, 5) is 26.2.